The van der Waals surface area contributed by atoms with E-state index in [0.717, 1.165) is 25.7 Å². The third kappa shape index (κ3) is 7.93. The van der Waals surface area contributed by atoms with E-state index in [1.54, 1.807) is 6.08 Å². The molecule has 5 aliphatic heterocycles. The second kappa shape index (κ2) is 16.0. The van der Waals surface area contributed by atoms with E-state index in [0.29, 0.717) is 38.5 Å². The Morgan fingerprint density at radius 3 is 2.29 bits per heavy atom. The maximum Gasteiger partial charge on any atom is 0.202 e. The summed E-state index contributed by atoms with van der Waals surface area (Å²) in [5.41, 5.74) is -1.54. The van der Waals surface area contributed by atoms with Crippen LogP contribution in [0.25, 0.3) is 0 Å². The van der Waals surface area contributed by atoms with Crippen molar-refractivity contribution >= 4 is 5.78 Å². The molecule has 0 unspecified atom stereocenters. The number of rotatable bonds is 12. The number of aliphatic hydroxyl groups excluding tert-OH is 3. The third-order valence-electron chi connectivity index (χ3n) is 14.0. The zero-order valence-electron chi connectivity index (χ0n) is 32.9. The molecule has 51 heavy (non-hydrogen) atoms. The van der Waals surface area contributed by atoms with Crippen molar-refractivity contribution in [2.45, 2.75) is 186 Å². The molecule has 17 atom stereocenters. The molecule has 5 heterocycles. The van der Waals surface area contributed by atoms with Crippen molar-refractivity contribution in [3.05, 3.63) is 12.2 Å². The van der Waals surface area contributed by atoms with Gasteiger partial charge in [0.2, 0.25) is 5.79 Å². The zero-order valence-corrected chi connectivity index (χ0v) is 32.9. The first-order chi connectivity index (χ1) is 24.0. The molecule has 5 aliphatic rings. The van der Waals surface area contributed by atoms with Crippen molar-refractivity contribution in [1.29, 1.82) is 0 Å². The van der Waals surface area contributed by atoms with Crippen LogP contribution in [0.5, 0.6) is 0 Å². The molecule has 0 aliphatic carbocycles. The molecule has 4 fully saturated rings. The summed E-state index contributed by atoms with van der Waals surface area (Å²) in [5.74, 6) is -3.68. The first-order valence-electron chi connectivity index (χ1n) is 20.3. The van der Waals surface area contributed by atoms with Crippen LogP contribution in [-0.4, -0.2) is 98.8 Å². The molecular weight excluding hydrogens is 652 g/mol. The quantitative estimate of drug-likeness (QED) is 0.185. The molecular formula is C41H70O10. The SMILES string of the molecule is CC[C@H](CO)[C@@H]1CC[C@@H](C)[C@@H]([C@H](C)[C@@H](O)[C@@H](C)C(=O)[C@@H](CC)[C@@H]2O[C@@]3(C=C[C@H](O)[C@@]4(CC[C@](C)([C@@H]5CC[C@@](O)(CC)CO5)O4)O3)[C@@H](C)C[C@H]2C)O1. The molecule has 10 nitrogen and oxygen atoms in total. The van der Waals surface area contributed by atoms with Crippen molar-refractivity contribution in [2.24, 2.45) is 41.4 Å². The van der Waals surface area contributed by atoms with E-state index in [9.17, 15) is 25.2 Å². The smallest absolute Gasteiger partial charge is 0.202 e. The van der Waals surface area contributed by atoms with Crippen LogP contribution in [0, 0.1) is 41.4 Å². The lowest BCUT2D eigenvalue weighted by molar-refractivity contribution is -0.408. The summed E-state index contributed by atoms with van der Waals surface area (Å²) in [6.07, 6.45) is 7.60. The molecule has 0 radical (unpaired) electrons. The van der Waals surface area contributed by atoms with Crippen LogP contribution in [0.3, 0.4) is 0 Å². The summed E-state index contributed by atoms with van der Waals surface area (Å²) < 4.78 is 33.4. The Morgan fingerprint density at radius 1 is 0.961 bits per heavy atom. The number of hydrogen-bond acceptors (Lipinski definition) is 10. The standard InChI is InChI=1S/C41H70O10/c1-10-29(22-42)31-14-13-24(4)36(48-31)28(8)34(44)27(7)35(45)30(11-2)37-25(5)21-26(6)40(49-37)18-15-32(43)41(51-40)20-19-38(9,50-41)33-16-17-39(46,12-3)23-47-33/h15,18,24-34,36-37,42-44,46H,10-14,16-17,19-23H2,1-9H3/t24-,25-,26+,27-,28-,29-,30-,31+,32+,33+,34+,36+,37-,38-,39+,40-,41-/m1/s1. The Bertz CT molecular complexity index is 1200. The molecule has 0 amide bonds. The number of hydrogen-bond donors (Lipinski definition) is 4. The Kier molecular flexibility index (Phi) is 13.0. The lowest BCUT2D eigenvalue weighted by Crippen LogP contribution is -2.63. The molecule has 294 valence electrons. The second-order valence-corrected chi connectivity index (χ2v) is 17.6. The summed E-state index contributed by atoms with van der Waals surface area (Å²) in [4.78, 5) is 14.4. The summed E-state index contributed by atoms with van der Waals surface area (Å²) in [6.45, 7) is 18.5. The summed E-state index contributed by atoms with van der Waals surface area (Å²) in [5, 5.41) is 43.8. The third-order valence-corrected chi connectivity index (χ3v) is 14.0. The molecule has 10 heteroatoms. The lowest BCUT2D eigenvalue weighted by Gasteiger charge is -2.54. The number of ketones is 1. The fourth-order valence-corrected chi connectivity index (χ4v) is 10.1. The van der Waals surface area contributed by atoms with Gasteiger partial charge in [-0.3, -0.25) is 4.79 Å². The lowest BCUT2D eigenvalue weighted by atomic mass is 9.72. The molecule has 0 bridgehead atoms. The topological polar surface area (TPSA) is 144 Å². The molecule has 0 aromatic rings. The van der Waals surface area contributed by atoms with E-state index in [1.165, 1.54) is 0 Å². The van der Waals surface area contributed by atoms with Crippen LogP contribution in [0.15, 0.2) is 12.2 Å². The van der Waals surface area contributed by atoms with Gasteiger partial charge in [0.25, 0.3) is 0 Å². The highest BCUT2D eigenvalue weighted by molar-refractivity contribution is 5.84. The van der Waals surface area contributed by atoms with Crippen molar-refractivity contribution < 1.29 is 48.9 Å². The zero-order chi connectivity index (χ0) is 37.5. The van der Waals surface area contributed by atoms with Gasteiger partial charge in [0.05, 0.1) is 48.3 Å². The minimum Gasteiger partial charge on any atom is -0.396 e. The molecule has 4 saturated heterocycles. The monoisotopic (exact) mass is 722 g/mol. The maximum absolute atomic E-state index is 14.4. The molecule has 4 N–H and O–H groups in total. The van der Waals surface area contributed by atoms with Crippen molar-refractivity contribution in [1.82, 2.24) is 0 Å². The summed E-state index contributed by atoms with van der Waals surface area (Å²) in [7, 11) is 0. The van der Waals surface area contributed by atoms with Crippen LogP contribution >= 0.6 is 0 Å². The largest absolute Gasteiger partial charge is 0.396 e. The van der Waals surface area contributed by atoms with E-state index in [4.69, 9.17) is 23.7 Å². The van der Waals surface area contributed by atoms with Crippen LogP contribution in [0.2, 0.25) is 0 Å². The highest BCUT2D eigenvalue weighted by atomic mass is 16.8. The van der Waals surface area contributed by atoms with E-state index >= 15 is 0 Å². The highest BCUT2D eigenvalue weighted by Crippen LogP contribution is 2.53. The predicted molar refractivity (Wildman–Crippen MR) is 193 cm³/mol. The van der Waals surface area contributed by atoms with E-state index in [-0.39, 0.29) is 66.9 Å². The first kappa shape index (κ1) is 41.2. The van der Waals surface area contributed by atoms with E-state index in [1.807, 2.05) is 40.7 Å². The van der Waals surface area contributed by atoms with Gasteiger partial charge < -0.3 is 44.1 Å². The fourth-order valence-electron chi connectivity index (χ4n) is 10.1. The summed E-state index contributed by atoms with van der Waals surface area (Å²) in [6, 6.07) is 0. The predicted octanol–water partition coefficient (Wildman–Crippen LogP) is 5.71. The first-order valence-corrected chi connectivity index (χ1v) is 20.3. The van der Waals surface area contributed by atoms with E-state index in [2.05, 4.69) is 27.7 Å². The Hall–Kier alpha value is -0.950. The number of Topliss-reactive ketones (excluding diaryl/α,β-unsaturated/α-hetero) is 1. The van der Waals surface area contributed by atoms with Crippen molar-refractivity contribution in [2.75, 3.05) is 13.2 Å². The molecule has 0 saturated carbocycles. The van der Waals surface area contributed by atoms with Crippen LogP contribution in [0.4, 0.5) is 0 Å². The fraction of sp³-hybridized carbons (Fsp3) is 0.927. The number of carbonyl (C=O) groups is 1. The van der Waals surface area contributed by atoms with Crippen molar-refractivity contribution in [3.8, 4) is 0 Å². The minimum absolute atomic E-state index is 0.0269. The van der Waals surface area contributed by atoms with Crippen LogP contribution in [-0.2, 0) is 28.5 Å². The van der Waals surface area contributed by atoms with Gasteiger partial charge in [0.15, 0.2) is 5.79 Å². The number of ether oxygens (including phenoxy) is 5. The molecule has 0 aromatic carbocycles. The second-order valence-electron chi connectivity index (χ2n) is 17.6. The van der Waals surface area contributed by atoms with Gasteiger partial charge >= 0.3 is 0 Å². The molecule has 0 aromatic heterocycles. The highest BCUT2D eigenvalue weighted by Gasteiger charge is 2.62. The maximum atomic E-state index is 14.4. The van der Waals surface area contributed by atoms with Gasteiger partial charge in [-0.25, -0.2) is 0 Å². The van der Waals surface area contributed by atoms with Crippen molar-refractivity contribution in [3.63, 3.8) is 0 Å². The van der Waals surface area contributed by atoms with E-state index < -0.39 is 52.9 Å². The number of carbonyl (C=O) groups excluding carboxylic acids is 1. The van der Waals surface area contributed by atoms with Crippen LogP contribution in [0.1, 0.15) is 127 Å². The van der Waals surface area contributed by atoms with Gasteiger partial charge in [-0.2, -0.15) is 0 Å². The Balaban J connectivity index is 1.30. The molecule has 5 rings (SSSR count). The Morgan fingerprint density at radius 2 is 1.69 bits per heavy atom. The van der Waals surface area contributed by atoms with Gasteiger partial charge in [0.1, 0.15) is 11.9 Å². The van der Waals surface area contributed by atoms with Gasteiger partial charge in [-0.05, 0) is 88.7 Å². The van der Waals surface area contributed by atoms with Crippen LogP contribution < -0.4 is 0 Å². The molecule has 2 spiro atoms. The normalized spacial score (nSPS) is 46.1. The van der Waals surface area contributed by atoms with Gasteiger partial charge in [-0.15, -0.1) is 0 Å². The summed E-state index contributed by atoms with van der Waals surface area (Å²) >= 11 is 0. The van der Waals surface area contributed by atoms with Gasteiger partial charge in [-0.1, -0.05) is 55.4 Å². The minimum atomic E-state index is -1.34. The average Bonchev–Trinajstić information content (AvgIpc) is 3.46. The average molecular weight is 723 g/mol. The number of aliphatic hydroxyl groups is 4. The Labute approximate surface area is 307 Å². The van der Waals surface area contributed by atoms with Gasteiger partial charge in [0, 0.05) is 42.6 Å².